The van der Waals surface area contributed by atoms with Gasteiger partial charge in [-0.15, -0.1) is 11.3 Å². The molecule has 0 bridgehead atoms. The predicted octanol–water partition coefficient (Wildman–Crippen LogP) is 1.78. The molecule has 27 heavy (non-hydrogen) atoms. The Morgan fingerprint density at radius 3 is 1.74 bits per heavy atom. The number of hydrogen-bond acceptors (Lipinski definition) is 5. The summed E-state index contributed by atoms with van der Waals surface area (Å²) in [4.78, 5) is 33.4. The number of hydrogen-bond donors (Lipinski definition) is 2. The van der Waals surface area contributed by atoms with E-state index in [0.717, 1.165) is 25.9 Å². The number of aromatic nitrogens is 4. The zero-order valence-corrected chi connectivity index (χ0v) is 15.7. The molecule has 2 amide bonds. The summed E-state index contributed by atoms with van der Waals surface area (Å²) >= 11 is 1.21. The van der Waals surface area contributed by atoms with Crippen LogP contribution in [0, 0.1) is 0 Å². The number of nitrogens with zero attached hydrogens (tertiary/aromatic N) is 4. The van der Waals surface area contributed by atoms with Crippen LogP contribution in [-0.2, 0) is 13.1 Å². The fourth-order valence-electron chi connectivity index (χ4n) is 2.52. The van der Waals surface area contributed by atoms with E-state index < -0.39 is 0 Å². The average Bonchev–Trinajstić information content (AvgIpc) is 3.43. The van der Waals surface area contributed by atoms with E-state index in [9.17, 15) is 9.59 Å². The molecular formula is C18H22N6O2S. The van der Waals surface area contributed by atoms with Gasteiger partial charge in [0.25, 0.3) is 11.8 Å². The number of thiophene rings is 1. The Hall–Kier alpha value is -2.94. The molecule has 9 heteroatoms. The average molecular weight is 386 g/mol. The van der Waals surface area contributed by atoms with Crippen LogP contribution in [-0.4, -0.2) is 44.0 Å². The highest BCUT2D eigenvalue weighted by atomic mass is 32.1. The molecule has 3 aromatic heterocycles. The molecule has 142 valence electrons. The van der Waals surface area contributed by atoms with Gasteiger partial charge in [0.1, 0.15) is 0 Å². The van der Waals surface area contributed by atoms with Crippen LogP contribution in [0.25, 0.3) is 0 Å². The third kappa shape index (κ3) is 5.78. The molecule has 3 aromatic rings. The highest BCUT2D eigenvalue weighted by Crippen LogP contribution is 2.16. The van der Waals surface area contributed by atoms with Crippen molar-refractivity contribution in [3.63, 3.8) is 0 Å². The minimum atomic E-state index is -0.148. The van der Waals surface area contributed by atoms with Crippen LogP contribution in [0.5, 0.6) is 0 Å². The second kappa shape index (κ2) is 9.67. The van der Waals surface area contributed by atoms with Crippen molar-refractivity contribution < 1.29 is 9.59 Å². The number of nitrogens with one attached hydrogen (secondary N) is 2. The fourth-order valence-corrected chi connectivity index (χ4v) is 3.36. The molecule has 0 aliphatic heterocycles. The Morgan fingerprint density at radius 1 is 0.852 bits per heavy atom. The van der Waals surface area contributed by atoms with Gasteiger partial charge < -0.3 is 19.8 Å². The van der Waals surface area contributed by atoms with Gasteiger partial charge >= 0.3 is 0 Å². The summed E-state index contributed by atoms with van der Waals surface area (Å²) in [5, 5.41) is 5.76. The largest absolute Gasteiger partial charge is 0.351 e. The normalized spacial score (nSPS) is 10.7. The second-order valence-corrected chi connectivity index (χ2v) is 7.07. The number of carbonyl (C=O) groups is 2. The van der Waals surface area contributed by atoms with Crippen molar-refractivity contribution in [3.8, 4) is 0 Å². The van der Waals surface area contributed by atoms with Crippen LogP contribution in [0.15, 0.2) is 49.6 Å². The quantitative estimate of drug-likeness (QED) is 0.520. The third-order valence-electron chi connectivity index (χ3n) is 3.93. The van der Waals surface area contributed by atoms with Crippen LogP contribution in [0.1, 0.15) is 32.2 Å². The monoisotopic (exact) mass is 386 g/mol. The molecule has 0 unspecified atom stereocenters. The molecule has 3 heterocycles. The van der Waals surface area contributed by atoms with Gasteiger partial charge in [0.15, 0.2) is 0 Å². The van der Waals surface area contributed by atoms with Crippen molar-refractivity contribution in [2.75, 3.05) is 13.1 Å². The summed E-state index contributed by atoms with van der Waals surface area (Å²) in [5.41, 5.74) is 0. The summed E-state index contributed by atoms with van der Waals surface area (Å²) in [5.74, 6) is -0.297. The van der Waals surface area contributed by atoms with E-state index in [1.807, 2.05) is 21.5 Å². The van der Waals surface area contributed by atoms with E-state index in [4.69, 9.17) is 0 Å². The first-order valence-corrected chi connectivity index (χ1v) is 9.62. The number of rotatable bonds is 10. The Kier molecular flexibility index (Phi) is 6.75. The van der Waals surface area contributed by atoms with Gasteiger partial charge in [-0.25, -0.2) is 9.97 Å². The maximum absolute atomic E-state index is 12.2. The van der Waals surface area contributed by atoms with Crippen molar-refractivity contribution in [1.29, 1.82) is 0 Å². The van der Waals surface area contributed by atoms with E-state index >= 15 is 0 Å². The summed E-state index contributed by atoms with van der Waals surface area (Å²) in [6.07, 6.45) is 12.4. The number of amides is 2. The highest BCUT2D eigenvalue weighted by molar-refractivity contribution is 7.15. The summed E-state index contributed by atoms with van der Waals surface area (Å²) < 4.78 is 3.93. The lowest BCUT2D eigenvalue weighted by Crippen LogP contribution is -2.25. The third-order valence-corrected chi connectivity index (χ3v) is 5.01. The lowest BCUT2D eigenvalue weighted by Gasteiger charge is -2.05. The van der Waals surface area contributed by atoms with E-state index in [1.54, 1.807) is 37.2 Å². The Balaban J connectivity index is 1.36. The van der Waals surface area contributed by atoms with Gasteiger partial charge in [-0.2, -0.15) is 0 Å². The molecule has 8 nitrogen and oxygen atoms in total. The smallest absolute Gasteiger partial charge is 0.261 e. The molecule has 0 atom stereocenters. The Bertz CT molecular complexity index is 772. The zero-order valence-electron chi connectivity index (χ0n) is 14.9. The molecule has 0 saturated carbocycles. The first-order chi connectivity index (χ1) is 13.2. The molecule has 0 radical (unpaired) electrons. The van der Waals surface area contributed by atoms with Crippen molar-refractivity contribution >= 4 is 23.2 Å². The van der Waals surface area contributed by atoms with Gasteiger partial charge in [-0.1, -0.05) is 0 Å². The highest BCUT2D eigenvalue weighted by Gasteiger charge is 2.13. The minimum absolute atomic E-state index is 0.148. The molecule has 0 saturated heterocycles. The van der Waals surface area contributed by atoms with Crippen LogP contribution in [0.2, 0.25) is 0 Å². The molecule has 0 aliphatic carbocycles. The number of aryl methyl sites for hydroxylation is 2. The Labute approximate surface area is 161 Å². The van der Waals surface area contributed by atoms with Crippen molar-refractivity contribution in [3.05, 3.63) is 59.3 Å². The molecule has 0 aliphatic rings. The zero-order chi connectivity index (χ0) is 18.9. The first-order valence-electron chi connectivity index (χ1n) is 8.80. The number of imidazole rings is 2. The molecular weight excluding hydrogens is 364 g/mol. The maximum atomic E-state index is 12.2. The summed E-state index contributed by atoms with van der Waals surface area (Å²) in [6.45, 7) is 2.75. The first kappa shape index (κ1) is 18.8. The standard InChI is InChI=1S/C18H22N6O2S/c25-17(21-5-1-9-23-11-7-19-13-23)15-3-4-16(27-15)18(26)22-6-2-10-24-12-8-20-14-24/h3-4,7-8,11-14H,1-2,5-6,9-10H2,(H,21,25)(H,22,26). The van der Waals surface area contributed by atoms with Crippen molar-refractivity contribution in [2.45, 2.75) is 25.9 Å². The topological polar surface area (TPSA) is 93.8 Å². The van der Waals surface area contributed by atoms with Gasteiger partial charge in [0.2, 0.25) is 0 Å². The second-order valence-electron chi connectivity index (χ2n) is 5.98. The maximum Gasteiger partial charge on any atom is 0.261 e. The van der Waals surface area contributed by atoms with Gasteiger partial charge in [0.05, 0.1) is 22.4 Å². The predicted molar refractivity (Wildman–Crippen MR) is 103 cm³/mol. The van der Waals surface area contributed by atoms with Gasteiger partial charge in [-0.05, 0) is 25.0 Å². The Morgan fingerprint density at radius 2 is 1.33 bits per heavy atom. The lowest BCUT2D eigenvalue weighted by molar-refractivity contribution is 0.0950. The summed E-state index contributed by atoms with van der Waals surface area (Å²) in [6, 6.07) is 3.38. The SMILES string of the molecule is O=C(NCCCn1ccnc1)c1ccc(C(=O)NCCCn2ccnc2)s1. The van der Waals surface area contributed by atoms with Crippen LogP contribution >= 0.6 is 11.3 Å². The molecule has 0 spiro atoms. The molecule has 2 N–H and O–H groups in total. The molecule has 3 rings (SSSR count). The minimum Gasteiger partial charge on any atom is -0.351 e. The van der Waals surface area contributed by atoms with Crippen molar-refractivity contribution in [1.82, 2.24) is 29.7 Å². The van der Waals surface area contributed by atoms with Crippen molar-refractivity contribution in [2.24, 2.45) is 0 Å². The van der Waals surface area contributed by atoms with Crippen LogP contribution in [0.3, 0.4) is 0 Å². The van der Waals surface area contributed by atoms with E-state index in [2.05, 4.69) is 20.6 Å². The molecule has 0 fully saturated rings. The van der Waals surface area contributed by atoms with Gasteiger partial charge in [-0.3, -0.25) is 9.59 Å². The molecule has 0 aromatic carbocycles. The van der Waals surface area contributed by atoms with E-state index in [-0.39, 0.29) is 11.8 Å². The van der Waals surface area contributed by atoms with Crippen LogP contribution < -0.4 is 10.6 Å². The lowest BCUT2D eigenvalue weighted by atomic mass is 10.3. The van der Waals surface area contributed by atoms with Crippen LogP contribution in [0.4, 0.5) is 0 Å². The van der Waals surface area contributed by atoms with E-state index in [0.29, 0.717) is 22.8 Å². The fraction of sp³-hybridized carbons (Fsp3) is 0.333. The van der Waals surface area contributed by atoms with Gasteiger partial charge in [0, 0.05) is 51.0 Å². The number of carbonyl (C=O) groups excluding carboxylic acids is 2. The van der Waals surface area contributed by atoms with E-state index in [1.165, 1.54) is 11.3 Å². The summed E-state index contributed by atoms with van der Waals surface area (Å²) in [7, 11) is 0.